The van der Waals surface area contributed by atoms with E-state index < -0.39 is 22.2 Å². The topological polar surface area (TPSA) is 125 Å². The molecule has 1 heterocycles. The van der Waals surface area contributed by atoms with E-state index in [1.165, 1.54) is 35.6 Å². The molecule has 0 bridgehead atoms. The summed E-state index contributed by atoms with van der Waals surface area (Å²) in [5, 5.41) is 13.7. The Labute approximate surface area is 284 Å². The first-order valence-corrected chi connectivity index (χ1v) is 18.6. The molecule has 1 aliphatic carbocycles. The summed E-state index contributed by atoms with van der Waals surface area (Å²) in [5.41, 5.74) is 0.813. The third-order valence-corrected chi connectivity index (χ3v) is 11.3. The van der Waals surface area contributed by atoms with Crippen LogP contribution in [0.15, 0.2) is 47.4 Å². The number of aliphatic hydroxyl groups is 1. The summed E-state index contributed by atoms with van der Waals surface area (Å²) in [5.74, 6) is -0.336. The van der Waals surface area contributed by atoms with Gasteiger partial charge in [-0.1, -0.05) is 37.8 Å². The maximum absolute atomic E-state index is 14.4. The summed E-state index contributed by atoms with van der Waals surface area (Å²) in [6.07, 6.45) is 6.47. The van der Waals surface area contributed by atoms with Crippen molar-refractivity contribution in [3.63, 3.8) is 0 Å². The lowest BCUT2D eigenvalue weighted by atomic mass is 9.88. The Kier molecular flexibility index (Phi) is 13.5. The van der Waals surface area contributed by atoms with Crippen LogP contribution < -0.4 is 10.1 Å². The van der Waals surface area contributed by atoms with Crippen molar-refractivity contribution < 1.29 is 32.6 Å². The molecule has 2 N–H and O–H groups in total. The van der Waals surface area contributed by atoms with E-state index in [0.29, 0.717) is 28.6 Å². The van der Waals surface area contributed by atoms with Crippen LogP contribution in [0.1, 0.15) is 82.5 Å². The van der Waals surface area contributed by atoms with Crippen molar-refractivity contribution in [1.29, 1.82) is 0 Å². The van der Waals surface area contributed by atoms with Gasteiger partial charge in [-0.25, -0.2) is 8.42 Å². The molecule has 2 aromatic rings. The second kappa shape index (κ2) is 17.1. The Bertz CT molecular complexity index is 1450. The number of carbonyl (C=O) groups is 2. The molecule has 4 rings (SSSR count). The zero-order valence-electron chi connectivity index (χ0n) is 28.0. The SMILES string of the molecule is C[C@@H]1CCCCO[C@H](CN(C)S(=O)(=O)c2ccc(Cl)cc2)[C@H](C)CN([C@H](C)CO)C(=O)c2cc(NC(=O)C3CCCCC3)ccc2O1. The number of hydrogen-bond acceptors (Lipinski definition) is 7. The molecule has 4 atom stereocenters. The van der Waals surface area contributed by atoms with Gasteiger partial charge in [0.25, 0.3) is 5.91 Å². The number of sulfonamides is 1. The van der Waals surface area contributed by atoms with Crippen molar-refractivity contribution in [2.45, 2.75) is 95.3 Å². The second-order valence-electron chi connectivity index (χ2n) is 13.1. The van der Waals surface area contributed by atoms with Crippen LogP contribution in [-0.2, 0) is 19.6 Å². The summed E-state index contributed by atoms with van der Waals surface area (Å²) in [6, 6.07) is 10.6. The van der Waals surface area contributed by atoms with Gasteiger partial charge in [-0.05, 0) is 88.4 Å². The van der Waals surface area contributed by atoms with E-state index >= 15 is 0 Å². The van der Waals surface area contributed by atoms with Crippen molar-refractivity contribution in [2.75, 3.05) is 38.7 Å². The number of anilines is 1. The molecule has 0 radical (unpaired) electrons. The standard InChI is InChI=1S/C35H50ClN3O7S/c1-24-21-39(25(2)23-40)35(42)31-20-29(37-34(41)27-11-6-5-7-12-27)15-18-32(31)46-26(3)10-8-9-19-45-33(24)22-38(4)47(43,44)30-16-13-28(36)14-17-30/h13-18,20,24-27,33,40H,5-12,19,21-23H2,1-4H3,(H,37,41)/t24-,25-,26-,33-/m1/s1. The largest absolute Gasteiger partial charge is 0.490 e. The van der Waals surface area contributed by atoms with Crippen molar-refractivity contribution in [3.05, 3.63) is 53.1 Å². The average molecular weight is 692 g/mol. The first kappa shape index (κ1) is 37.1. The minimum absolute atomic E-state index is 0.0425. The van der Waals surface area contributed by atoms with Crippen LogP contribution in [0.25, 0.3) is 0 Å². The summed E-state index contributed by atoms with van der Waals surface area (Å²) >= 11 is 5.99. The highest BCUT2D eigenvalue weighted by molar-refractivity contribution is 7.89. The molecule has 0 saturated heterocycles. The smallest absolute Gasteiger partial charge is 0.258 e. The van der Waals surface area contributed by atoms with Crippen LogP contribution in [0.4, 0.5) is 5.69 Å². The second-order valence-corrected chi connectivity index (χ2v) is 15.6. The maximum Gasteiger partial charge on any atom is 0.258 e. The van der Waals surface area contributed by atoms with E-state index in [0.717, 1.165) is 51.4 Å². The number of ether oxygens (including phenoxy) is 2. The number of carbonyl (C=O) groups excluding carboxylic acids is 2. The van der Waals surface area contributed by atoms with Gasteiger partial charge < -0.3 is 24.8 Å². The van der Waals surface area contributed by atoms with E-state index in [2.05, 4.69) is 5.32 Å². The lowest BCUT2D eigenvalue weighted by molar-refractivity contribution is -0.120. The zero-order chi connectivity index (χ0) is 34.1. The molecule has 1 aliphatic heterocycles. The minimum Gasteiger partial charge on any atom is -0.490 e. The van der Waals surface area contributed by atoms with Gasteiger partial charge in [0.2, 0.25) is 15.9 Å². The van der Waals surface area contributed by atoms with Crippen LogP contribution in [0, 0.1) is 11.8 Å². The van der Waals surface area contributed by atoms with Crippen molar-refractivity contribution in [2.24, 2.45) is 11.8 Å². The number of benzene rings is 2. The highest BCUT2D eigenvalue weighted by atomic mass is 35.5. The number of rotatable bonds is 8. The van der Waals surface area contributed by atoms with Gasteiger partial charge in [-0.3, -0.25) is 9.59 Å². The van der Waals surface area contributed by atoms with Gasteiger partial charge >= 0.3 is 0 Å². The van der Waals surface area contributed by atoms with Crippen LogP contribution in [0.2, 0.25) is 5.02 Å². The van der Waals surface area contributed by atoms with Gasteiger partial charge in [-0.15, -0.1) is 0 Å². The quantitative estimate of drug-likeness (QED) is 0.349. The Morgan fingerprint density at radius 2 is 1.74 bits per heavy atom. The maximum atomic E-state index is 14.4. The van der Waals surface area contributed by atoms with Crippen molar-refractivity contribution in [3.8, 4) is 5.75 Å². The van der Waals surface area contributed by atoms with Gasteiger partial charge in [0.15, 0.2) is 0 Å². The first-order valence-electron chi connectivity index (χ1n) is 16.8. The fourth-order valence-electron chi connectivity index (χ4n) is 6.21. The average Bonchev–Trinajstić information content (AvgIpc) is 3.06. The van der Waals surface area contributed by atoms with Gasteiger partial charge in [0.1, 0.15) is 5.75 Å². The number of likely N-dealkylation sites (N-methyl/N-ethyl adjacent to an activating group) is 1. The zero-order valence-corrected chi connectivity index (χ0v) is 29.6. The van der Waals surface area contributed by atoms with Gasteiger partial charge in [0.05, 0.1) is 35.3 Å². The Morgan fingerprint density at radius 3 is 2.43 bits per heavy atom. The van der Waals surface area contributed by atoms with E-state index in [1.54, 1.807) is 30.0 Å². The van der Waals surface area contributed by atoms with Crippen molar-refractivity contribution >= 4 is 39.1 Å². The first-order chi connectivity index (χ1) is 22.4. The number of nitrogens with one attached hydrogen (secondary N) is 1. The summed E-state index contributed by atoms with van der Waals surface area (Å²) in [6.45, 7) is 6.03. The van der Waals surface area contributed by atoms with Crippen molar-refractivity contribution in [1.82, 2.24) is 9.21 Å². The lowest BCUT2D eigenvalue weighted by Gasteiger charge is -2.35. The fraction of sp³-hybridized carbons (Fsp3) is 0.600. The lowest BCUT2D eigenvalue weighted by Crippen LogP contribution is -2.48. The predicted molar refractivity (Wildman–Crippen MR) is 183 cm³/mol. The van der Waals surface area contributed by atoms with Crippen LogP contribution >= 0.6 is 11.6 Å². The monoisotopic (exact) mass is 691 g/mol. The molecule has 2 aliphatic rings. The fourth-order valence-corrected chi connectivity index (χ4v) is 7.52. The molecule has 1 fully saturated rings. The molecular formula is C35H50ClN3O7S. The molecule has 1 saturated carbocycles. The van der Waals surface area contributed by atoms with Gasteiger partial charge in [-0.2, -0.15) is 4.31 Å². The third kappa shape index (κ3) is 9.92. The highest BCUT2D eigenvalue weighted by Crippen LogP contribution is 2.30. The van der Waals surface area contributed by atoms with E-state index in [9.17, 15) is 23.1 Å². The predicted octanol–water partition coefficient (Wildman–Crippen LogP) is 5.98. The molecule has 12 heteroatoms. The summed E-state index contributed by atoms with van der Waals surface area (Å²) in [7, 11) is -2.32. The van der Waals surface area contributed by atoms with Crippen LogP contribution in [0.5, 0.6) is 5.75 Å². The van der Waals surface area contributed by atoms with E-state index in [-0.39, 0.29) is 54.3 Å². The molecule has 2 amide bonds. The molecule has 0 unspecified atom stereocenters. The minimum atomic E-state index is -3.83. The summed E-state index contributed by atoms with van der Waals surface area (Å²) < 4.78 is 40.7. The number of halogens is 1. The normalized spacial score (nSPS) is 23.0. The number of hydrogen-bond donors (Lipinski definition) is 2. The third-order valence-electron chi connectivity index (χ3n) is 9.25. The van der Waals surface area contributed by atoms with Crippen LogP contribution in [-0.4, -0.2) is 86.1 Å². The number of nitrogens with zero attached hydrogens (tertiary/aromatic N) is 2. The van der Waals surface area contributed by atoms with Gasteiger partial charge in [0, 0.05) is 49.3 Å². The molecule has 260 valence electrons. The van der Waals surface area contributed by atoms with Crippen LogP contribution in [0.3, 0.4) is 0 Å². The molecule has 2 aromatic carbocycles. The summed E-state index contributed by atoms with van der Waals surface area (Å²) in [4.78, 5) is 29.1. The van der Waals surface area contributed by atoms with E-state index in [4.69, 9.17) is 21.1 Å². The number of fused-ring (bicyclic) bond motifs is 1. The van der Waals surface area contributed by atoms with E-state index in [1.807, 2.05) is 13.8 Å². The number of amides is 2. The Morgan fingerprint density at radius 1 is 1.06 bits per heavy atom. The Balaban J connectivity index is 1.62. The molecule has 10 nitrogen and oxygen atoms in total. The molecular weight excluding hydrogens is 642 g/mol. The molecule has 47 heavy (non-hydrogen) atoms. The Hall–Kier alpha value is -2.70. The molecule has 0 spiro atoms. The number of aliphatic hydroxyl groups excluding tert-OH is 1. The highest BCUT2D eigenvalue weighted by Gasteiger charge is 2.33. The molecule has 0 aromatic heterocycles.